The van der Waals surface area contributed by atoms with E-state index in [0.29, 0.717) is 42.0 Å². The Morgan fingerprint density at radius 2 is 1.68 bits per heavy atom. The summed E-state index contributed by atoms with van der Waals surface area (Å²) in [5.74, 6) is -0.458. The molecule has 0 aliphatic heterocycles. The summed E-state index contributed by atoms with van der Waals surface area (Å²) in [5.41, 5.74) is 4.23. The highest BCUT2D eigenvalue weighted by Gasteiger charge is 2.20. The molecular formula is C32H36N4O5. The number of ether oxygens (including phenoxy) is 2. The van der Waals surface area contributed by atoms with Crippen LogP contribution in [0.25, 0.3) is 10.9 Å². The van der Waals surface area contributed by atoms with Gasteiger partial charge in [0.2, 0.25) is 0 Å². The second-order valence-corrected chi connectivity index (χ2v) is 10.4. The summed E-state index contributed by atoms with van der Waals surface area (Å²) in [6.07, 6.45) is -0.434. The van der Waals surface area contributed by atoms with E-state index in [-0.39, 0.29) is 12.5 Å². The van der Waals surface area contributed by atoms with Crippen molar-refractivity contribution >= 4 is 34.4 Å². The van der Waals surface area contributed by atoms with Crippen molar-refractivity contribution in [3.63, 3.8) is 0 Å². The van der Waals surface area contributed by atoms with Crippen LogP contribution in [0.15, 0.2) is 77.8 Å². The zero-order chi connectivity index (χ0) is 29.4. The Kier molecular flexibility index (Phi) is 9.41. The smallest absolute Gasteiger partial charge is 0.407 e. The third-order valence-corrected chi connectivity index (χ3v) is 6.05. The fourth-order valence-electron chi connectivity index (χ4n) is 4.24. The fraction of sp³-hybridized carbons (Fsp3) is 0.281. The Bertz CT molecular complexity index is 1520. The third kappa shape index (κ3) is 7.95. The molecule has 0 unspecified atom stereocenters. The first-order valence-electron chi connectivity index (χ1n) is 13.6. The number of amides is 1. The first-order chi connectivity index (χ1) is 19.6. The lowest BCUT2D eigenvalue weighted by Crippen LogP contribution is -2.36. The Balaban J connectivity index is 1.51. The van der Waals surface area contributed by atoms with Gasteiger partial charge in [0.05, 0.1) is 29.1 Å². The minimum absolute atomic E-state index is 0.0376. The van der Waals surface area contributed by atoms with Crippen LogP contribution in [0.2, 0.25) is 0 Å². The molecule has 1 heterocycles. The molecule has 214 valence electrons. The van der Waals surface area contributed by atoms with Gasteiger partial charge >= 0.3 is 12.1 Å². The lowest BCUT2D eigenvalue weighted by Gasteiger charge is -2.19. The number of benzene rings is 3. The molecule has 3 aromatic carbocycles. The van der Waals surface area contributed by atoms with Gasteiger partial charge < -0.3 is 30.2 Å². The number of carbonyl (C=O) groups is 2. The minimum atomic E-state index is -0.525. The molecule has 0 aliphatic carbocycles. The number of H-pyrrole nitrogens is 1. The van der Waals surface area contributed by atoms with E-state index in [2.05, 4.69) is 15.6 Å². The molecule has 0 radical (unpaired) electrons. The molecule has 1 aromatic heterocycles. The number of rotatable bonds is 10. The number of aromatic hydroxyl groups is 1. The highest BCUT2D eigenvalue weighted by atomic mass is 16.6. The molecule has 4 N–H and O–H groups in total. The van der Waals surface area contributed by atoms with Crippen molar-refractivity contribution in [2.24, 2.45) is 4.99 Å². The average Bonchev–Trinajstić information content (AvgIpc) is 3.26. The zero-order valence-corrected chi connectivity index (χ0v) is 23.8. The van der Waals surface area contributed by atoms with Crippen molar-refractivity contribution in [3.8, 4) is 5.88 Å². The maximum Gasteiger partial charge on any atom is 0.407 e. The number of hydrogen-bond donors (Lipinski definition) is 4. The number of aliphatic imine (C=N–C) groups is 1. The highest BCUT2D eigenvalue weighted by molar-refractivity contribution is 6.22. The molecule has 0 bridgehead atoms. The van der Waals surface area contributed by atoms with Crippen LogP contribution in [0.3, 0.4) is 0 Å². The average molecular weight is 557 g/mol. The van der Waals surface area contributed by atoms with Crippen molar-refractivity contribution < 1.29 is 24.2 Å². The molecule has 0 aliphatic rings. The molecule has 4 rings (SSSR count). The number of esters is 1. The van der Waals surface area contributed by atoms with Crippen molar-refractivity contribution in [1.82, 2.24) is 15.6 Å². The highest BCUT2D eigenvalue weighted by Crippen LogP contribution is 2.32. The molecule has 0 atom stereocenters. The molecular weight excluding hydrogens is 520 g/mol. The quantitative estimate of drug-likeness (QED) is 0.111. The maximum atomic E-state index is 12.2. The third-order valence-electron chi connectivity index (χ3n) is 6.05. The number of hydrogen-bond acceptors (Lipinski definition) is 7. The summed E-state index contributed by atoms with van der Waals surface area (Å²) in [4.78, 5) is 31.9. The van der Waals surface area contributed by atoms with Gasteiger partial charge in [0.25, 0.3) is 0 Å². The van der Waals surface area contributed by atoms with Crippen LogP contribution in [0.4, 0.5) is 10.5 Å². The molecule has 9 heteroatoms. The number of aromatic amines is 1. The minimum Gasteiger partial charge on any atom is -0.494 e. The van der Waals surface area contributed by atoms with Crippen LogP contribution >= 0.6 is 0 Å². The monoisotopic (exact) mass is 556 g/mol. The van der Waals surface area contributed by atoms with Crippen LogP contribution < -0.4 is 10.6 Å². The number of fused-ring (bicyclic) bond motifs is 1. The number of alkyl carbamates (subject to hydrolysis) is 1. The number of aromatic nitrogens is 1. The number of carbonyl (C=O) groups excluding carboxylic acids is 2. The molecule has 0 spiro atoms. The predicted molar refractivity (Wildman–Crippen MR) is 160 cm³/mol. The van der Waals surface area contributed by atoms with Crippen LogP contribution in [-0.4, -0.2) is 53.2 Å². The van der Waals surface area contributed by atoms with E-state index in [1.165, 1.54) is 0 Å². The molecule has 0 fully saturated rings. The number of nitrogens with one attached hydrogen (secondary N) is 3. The first kappa shape index (κ1) is 29.4. The van der Waals surface area contributed by atoms with Gasteiger partial charge in [-0.1, -0.05) is 48.5 Å². The van der Waals surface area contributed by atoms with Gasteiger partial charge in [-0.3, -0.25) is 0 Å². The van der Waals surface area contributed by atoms with Gasteiger partial charge in [0, 0.05) is 36.1 Å². The van der Waals surface area contributed by atoms with Gasteiger partial charge in [-0.25, -0.2) is 14.6 Å². The Morgan fingerprint density at radius 1 is 0.951 bits per heavy atom. The van der Waals surface area contributed by atoms with Crippen LogP contribution in [0.1, 0.15) is 54.7 Å². The van der Waals surface area contributed by atoms with Crippen LogP contribution in [0.5, 0.6) is 5.88 Å². The standard InChI is InChI=1S/C32H36N4O5/c1-5-40-30(38)23-13-16-25-26(19-23)36-29(37)27(25)28(22-9-7-6-8-10-22)35-24-14-11-21(12-15-24)20-33-17-18-34-31(39)41-32(2,3)4/h6-16,19,33,36-37H,5,17-18,20H2,1-4H3,(H,34,39). The Morgan fingerprint density at radius 3 is 2.37 bits per heavy atom. The summed E-state index contributed by atoms with van der Waals surface area (Å²) >= 11 is 0. The van der Waals surface area contributed by atoms with E-state index < -0.39 is 17.7 Å². The second-order valence-electron chi connectivity index (χ2n) is 10.4. The van der Waals surface area contributed by atoms with Crippen molar-refractivity contribution in [3.05, 3.63) is 95.1 Å². The normalized spacial score (nSPS) is 11.9. The van der Waals surface area contributed by atoms with E-state index in [4.69, 9.17) is 14.5 Å². The molecule has 1 amide bonds. The zero-order valence-electron chi connectivity index (χ0n) is 23.8. The second kappa shape index (κ2) is 13.1. The maximum absolute atomic E-state index is 12.2. The fourth-order valence-corrected chi connectivity index (χ4v) is 4.24. The summed E-state index contributed by atoms with van der Waals surface area (Å²) < 4.78 is 10.3. The van der Waals surface area contributed by atoms with E-state index in [0.717, 1.165) is 22.2 Å². The molecule has 4 aromatic rings. The number of nitrogens with zero attached hydrogens (tertiary/aromatic N) is 1. The molecule has 0 saturated carbocycles. The SMILES string of the molecule is CCOC(=O)c1ccc2c(C(=Nc3ccc(CNCCNC(=O)OC(C)(C)C)cc3)c3ccccc3)c(O)[nH]c2c1. The summed E-state index contributed by atoms with van der Waals surface area (Å²) in [6, 6.07) is 22.6. The first-order valence-corrected chi connectivity index (χ1v) is 13.6. The topological polar surface area (TPSA) is 125 Å². The molecule has 41 heavy (non-hydrogen) atoms. The van der Waals surface area contributed by atoms with Gasteiger partial charge in [0.15, 0.2) is 5.88 Å². The van der Waals surface area contributed by atoms with E-state index in [1.54, 1.807) is 25.1 Å². The molecule has 0 saturated heterocycles. The van der Waals surface area contributed by atoms with Gasteiger partial charge in [-0.15, -0.1) is 0 Å². The van der Waals surface area contributed by atoms with Gasteiger partial charge in [0.1, 0.15) is 5.60 Å². The summed E-state index contributed by atoms with van der Waals surface area (Å²) in [5, 5.41) is 17.7. The van der Waals surface area contributed by atoms with Crippen molar-refractivity contribution in [2.75, 3.05) is 19.7 Å². The van der Waals surface area contributed by atoms with E-state index >= 15 is 0 Å². The lowest BCUT2D eigenvalue weighted by molar-refractivity contribution is 0.0517. The van der Waals surface area contributed by atoms with Crippen molar-refractivity contribution in [1.29, 1.82) is 0 Å². The van der Waals surface area contributed by atoms with Crippen LogP contribution in [0, 0.1) is 0 Å². The molecule has 9 nitrogen and oxygen atoms in total. The summed E-state index contributed by atoms with van der Waals surface area (Å²) in [6.45, 7) is 9.19. The lowest BCUT2D eigenvalue weighted by atomic mass is 10.00. The Hall–Kier alpha value is -4.63. The predicted octanol–water partition coefficient (Wildman–Crippen LogP) is 5.83. The van der Waals surface area contributed by atoms with Crippen molar-refractivity contribution in [2.45, 2.75) is 39.8 Å². The van der Waals surface area contributed by atoms with E-state index in [1.807, 2.05) is 75.4 Å². The van der Waals surface area contributed by atoms with Gasteiger partial charge in [-0.2, -0.15) is 0 Å². The largest absolute Gasteiger partial charge is 0.494 e. The van der Waals surface area contributed by atoms with Crippen LogP contribution in [-0.2, 0) is 16.0 Å². The summed E-state index contributed by atoms with van der Waals surface area (Å²) in [7, 11) is 0. The van der Waals surface area contributed by atoms with E-state index in [9.17, 15) is 14.7 Å². The Labute approximate surface area is 239 Å². The van der Waals surface area contributed by atoms with Gasteiger partial charge in [-0.05, 0) is 57.5 Å².